The lowest BCUT2D eigenvalue weighted by atomic mass is 9.97. The number of halogens is 1. The summed E-state index contributed by atoms with van der Waals surface area (Å²) in [5.41, 5.74) is 1.87. The molecule has 1 aromatic carbocycles. The fraction of sp³-hybridized carbons (Fsp3) is 0.412. The Morgan fingerprint density at radius 2 is 1.86 bits per heavy atom. The number of allylic oxidation sites excluding steroid dienone is 1. The van der Waals surface area contributed by atoms with Crippen LogP contribution in [0.5, 0.6) is 0 Å². The van der Waals surface area contributed by atoms with Crippen LogP contribution in [0.3, 0.4) is 0 Å². The highest BCUT2D eigenvalue weighted by molar-refractivity contribution is 6.03. The standard InChI is InChI=1S/C17H21FN2O2/c18-14-6-8-15(9-7-14)20-17(22)12-16(21)19-11-10-13-4-2-1-3-5-13/h4,6-9H,1-3,5,10-12H2,(H,19,21)(H,20,22). The Balaban J connectivity index is 1.66. The molecule has 4 nitrogen and oxygen atoms in total. The molecular weight excluding hydrogens is 283 g/mol. The summed E-state index contributed by atoms with van der Waals surface area (Å²) in [5.74, 6) is -1.07. The fourth-order valence-electron chi connectivity index (χ4n) is 2.44. The summed E-state index contributed by atoms with van der Waals surface area (Å²) in [6, 6.07) is 5.43. The Morgan fingerprint density at radius 3 is 2.55 bits per heavy atom. The van der Waals surface area contributed by atoms with E-state index in [0.717, 1.165) is 19.3 Å². The second-order valence-electron chi connectivity index (χ2n) is 5.44. The minimum absolute atomic E-state index is 0.226. The Bertz CT molecular complexity index is 552. The predicted molar refractivity (Wildman–Crippen MR) is 83.8 cm³/mol. The van der Waals surface area contributed by atoms with Gasteiger partial charge in [-0.25, -0.2) is 4.39 Å². The predicted octanol–water partition coefficient (Wildman–Crippen LogP) is 3.16. The molecule has 0 fully saturated rings. The average molecular weight is 304 g/mol. The Labute approximate surface area is 129 Å². The second-order valence-corrected chi connectivity index (χ2v) is 5.44. The van der Waals surface area contributed by atoms with E-state index in [0.29, 0.717) is 12.2 Å². The van der Waals surface area contributed by atoms with Crippen molar-refractivity contribution in [3.8, 4) is 0 Å². The zero-order valence-corrected chi connectivity index (χ0v) is 12.5. The van der Waals surface area contributed by atoms with Crippen LogP contribution in [0.2, 0.25) is 0 Å². The normalized spacial score (nSPS) is 14.1. The van der Waals surface area contributed by atoms with Gasteiger partial charge in [0.05, 0.1) is 0 Å². The molecule has 0 aromatic heterocycles. The summed E-state index contributed by atoms with van der Waals surface area (Å²) in [4.78, 5) is 23.4. The van der Waals surface area contributed by atoms with Crippen LogP contribution in [-0.2, 0) is 9.59 Å². The lowest BCUT2D eigenvalue weighted by Crippen LogP contribution is -2.29. The molecule has 1 aliphatic carbocycles. The van der Waals surface area contributed by atoms with Crippen molar-refractivity contribution in [2.75, 3.05) is 11.9 Å². The largest absolute Gasteiger partial charge is 0.355 e. The van der Waals surface area contributed by atoms with Gasteiger partial charge in [0.2, 0.25) is 11.8 Å². The molecule has 0 aliphatic heterocycles. The van der Waals surface area contributed by atoms with Crippen LogP contribution in [0.1, 0.15) is 38.5 Å². The lowest BCUT2D eigenvalue weighted by molar-refractivity contribution is -0.126. The Kier molecular flexibility index (Phi) is 6.13. The molecule has 0 atom stereocenters. The van der Waals surface area contributed by atoms with Gasteiger partial charge >= 0.3 is 0 Å². The van der Waals surface area contributed by atoms with E-state index < -0.39 is 5.91 Å². The van der Waals surface area contributed by atoms with Crippen LogP contribution >= 0.6 is 0 Å². The van der Waals surface area contributed by atoms with Crippen LogP contribution in [0.4, 0.5) is 10.1 Å². The first kappa shape index (κ1) is 16.2. The van der Waals surface area contributed by atoms with E-state index in [4.69, 9.17) is 0 Å². The van der Waals surface area contributed by atoms with Crippen molar-refractivity contribution in [2.24, 2.45) is 0 Å². The minimum atomic E-state index is -0.402. The highest BCUT2D eigenvalue weighted by Gasteiger charge is 2.10. The molecule has 0 saturated carbocycles. The molecule has 0 heterocycles. The molecule has 2 amide bonds. The molecule has 1 aliphatic rings. The number of carbonyl (C=O) groups is 2. The summed E-state index contributed by atoms with van der Waals surface area (Å²) in [5, 5.41) is 5.32. The number of carbonyl (C=O) groups excluding carboxylic acids is 2. The number of amides is 2. The zero-order chi connectivity index (χ0) is 15.8. The Morgan fingerprint density at radius 1 is 1.09 bits per heavy atom. The first-order chi connectivity index (χ1) is 10.6. The maximum Gasteiger partial charge on any atom is 0.233 e. The molecule has 22 heavy (non-hydrogen) atoms. The SMILES string of the molecule is O=C(CC(=O)Nc1ccc(F)cc1)NCCC1=CCCCC1. The van der Waals surface area contributed by atoms with Gasteiger partial charge in [-0.1, -0.05) is 11.6 Å². The summed E-state index contributed by atoms with van der Waals surface area (Å²) in [7, 11) is 0. The maximum atomic E-state index is 12.7. The van der Waals surface area contributed by atoms with Gasteiger partial charge in [-0.05, 0) is 56.4 Å². The quantitative estimate of drug-likeness (QED) is 0.626. The van der Waals surface area contributed by atoms with Gasteiger partial charge in [0, 0.05) is 12.2 Å². The maximum absolute atomic E-state index is 12.7. The molecule has 0 unspecified atom stereocenters. The van der Waals surface area contributed by atoms with Gasteiger partial charge in [0.25, 0.3) is 0 Å². The van der Waals surface area contributed by atoms with Crippen molar-refractivity contribution in [2.45, 2.75) is 38.5 Å². The van der Waals surface area contributed by atoms with E-state index in [9.17, 15) is 14.0 Å². The van der Waals surface area contributed by atoms with Gasteiger partial charge in [-0.2, -0.15) is 0 Å². The topological polar surface area (TPSA) is 58.2 Å². The minimum Gasteiger partial charge on any atom is -0.355 e. The van der Waals surface area contributed by atoms with Gasteiger partial charge in [-0.3, -0.25) is 9.59 Å². The highest BCUT2D eigenvalue weighted by Crippen LogP contribution is 2.19. The summed E-state index contributed by atoms with van der Waals surface area (Å²) >= 11 is 0. The summed E-state index contributed by atoms with van der Waals surface area (Å²) in [6.07, 6.45) is 7.59. The van der Waals surface area contributed by atoms with Gasteiger partial charge < -0.3 is 10.6 Å². The van der Waals surface area contributed by atoms with Crippen LogP contribution < -0.4 is 10.6 Å². The van der Waals surface area contributed by atoms with Gasteiger partial charge in [0.1, 0.15) is 12.2 Å². The number of anilines is 1. The molecule has 2 N–H and O–H groups in total. The van der Waals surface area contributed by atoms with Crippen LogP contribution in [0, 0.1) is 5.82 Å². The van der Waals surface area contributed by atoms with Crippen molar-refractivity contribution < 1.29 is 14.0 Å². The molecular formula is C17H21FN2O2. The average Bonchev–Trinajstić information content (AvgIpc) is 2.50. The van der Waals surface area contributed by atoms with E-state index in [-0.39, 0.29) is 18.1 Å². The number of benzene rings is 1. The van der Waals surface area contributed by atoms with Crippen LogP contribution in [0.25, 0.3) is 0 Å². The van der Waals surface area contributed by atoms with Crippen molar-refractivity contribution in [3.05, 3.63) is 41.7 Å². The molecule has 5 heteroatoms. The molecule has 0 saturated heterocycles. The number of rotatable bonds is 6. The van der Waals surface area contributed by atoms with Crippen LogP contribution in [0.15, 0.2) is 35.9 Å². The third-order valence-corrected chi connectivity index (χ3v) is 3.60. The van der Waals surface area contributed by atoms with E-state index in [1.165, 1.54) is 42.7 Å². The molecule has 2 rings (SSSR count). The van der Waals surface area contributed by atoms with Gasteiger partial charge in [-0.15, -0.1) is 0 Å². The highest BCUT2D eigenvalue weighted by atomic mass is 19.1. The third-order valence-electron chi connectivity index (χ3n) is 3.60. The first-order valence-corrected chi connectivity index (χ1v) is 7.63. The number of hydrogen-bond donors (Lipinski definition) is 2. The van der Waals surface area contributed by atoms with Crippen molar-refractivity contribution >= 4 is 17.5 Å². The van der Waals surface area contributed by atoms with Gasteiger partial charge in [0.15, 0.2) is 0 Å². The van der Waals surface area contributed by atoms with Crippen molar-refractivity contribution in [1.82, 2.24) is 5.32 Å². The van der Waals surface area contributed by atoms with E-state index in [2.05, 4.69) is 16.7 Å². The van der Waals surface area contributed by atoms with E-state index in [1.807, 2.05) is 0 Å². The molecule has 0 bridgehead atoms. The summed E-state index contributed by atoms with van der Waals surface area (Å²) in [6.45, 7) is 0.564. The third kappa shape index (κ3) is 5.68. The summed E-state index contributed by atoms with van der Waals surface area (Å²) < 4.78 is 12.7. The molecule has 1 aromatic rings. The Hall–Kier alpha value is -2.17. The lowest BCUT2D eigenvalue weighted by Gasteiger charge is -2.13. The van der Waals surface area contributed by atoms with E-state index in [1.54, 1.807) is 0 Å². The molecule has 0 radical (unpaired) electrons. The number of nitrogens with one attached hydrogen (secondary N) is 2. The van der Waals surface area contributed by atoms with Crippen LogP contribution in [-0.4, -0.2) is 18.4 Å². The monoisotopic (exact) mass is 304 g/mol. The second kappa shape index (κ2) is 8.32. The first-order valence-electron chi connectivity index (χ1n) is 7.63. The molecule has 0 spiro atoms. The van der Waals surface area contributed by atoms with Crippen molar-refractivity contribution in [1.29, 1.82) is 0 Å². The van der Waals surface area contributed by atoms with E-state index >= 15 is 0 Å². The number of hydrogen-bond acceptors (Lipinski definition) is 2. The van der Waals surface area contributed by atoms with Crippen molar-refractivity contribution in [3.63, 3.8) is 0 Å². The molecule has 118 valence electrons. The smallest absolute Gasteiger partial charge is 0.233 e. The zero-order valence-electron chi connectivity index (χ0n) is 12.5. The fourth-order valence-corrected chi connectivity index (χ4v) is 2.44.